The third-order valence-corrected chi connectivity index (χ3v) is 2.63. The van der Waals surface area contributed by atoms with E-state index in [2.05, 4.69) is 15.1 Å². The molecule has 0 saturated carbocycles. The van der Waals surface area contributed by atoms with Crippen LogP contribution in [0.4, 0.5) is 0 Å². The Bertz CT molecular complexity index is 461. The van der Waals surface area contributed by atoms with Crippen LogP contribution in [0.1, 0.15) is 10.7 Å². The molecule has 78 valence electrons. The van der Waals surface area contributed by atoms with Crippen LogP contribution in [0, 0.1) is 0 Å². The molecule has 7 heteroatoms. The molecule has 6 nitrogen and oxygen atoms in total. The topological polar surface area (TPSA) is 89.3 Å². The maximum absolute atomic E-state index is 8.56. The maximum Gasteiger partial charge on any atom is 0.206 e. The number of nitrogens with zero attached hydrogens (tertiary/aromatic N) is 4. The third kappa shape index (κ3) is 1.96. The van der Waals surface area contributed by atoms with Crippen LogP contribution in [0.3, 0.4) is 0 Å². The van der Waals surface area contributed by atoms with E-state index >= 15 is 0 Å². The summed E-state index contributed by atoms with van der Waals surface area (Å²) < 4.78 is 1.79. The van der Waals surface area contributed by atoms with E-state index in [1.807, 2.05) is 0 Å². The highest BCUT2D eigenvalue weighted by Crippen LogP contribution is 2.09. The van der Waals surface area contributed by atoms with Gasteiger partial charge in [-0.25, -0.2) is 4.98 Å². The van der Waals surface area contributed by atoms with Crippen LogP contribution in [0.15, 0.2) is 29.3 Å². The highest BCUT2D eigenvalue weighted by atomic mass is 32.1. The third-order valence-electron chi connectivity index (χ3n) is 1.86. The summed E-state index contributed by atoms with van der Waals surface area (Å²) in [6.45, 7) is 0.621. The Morgan fingerprint density at radius 1 is 1.67 bits per heavy atom. The first-order chi connectivity index (χ1) is 7.31. The maximum atomic E-state index is 8.56. The molecule has 0 atom stereocenters. The van der Waals surface area contributed by atoms with Crippen molar-refractivity contribution in [3.05, 3.63) is 34.8 Å². The van der Waals surface area contributed by atoms with Crippen molar-refractivity contribution in [3.8, 4) is 0 Å². The number of rotatable bonds is 3. The number of thiazole rings is 1. The van der Waals surface area contributed by atoms with Crippen LogP contribution in [0.5, 0.6) is 0 Å². The first-order valence-electron chi connectivity index (χ1n) is 4.17. The Labute approximate surface area is 89.7 Å². The zero-order chi connectivity index (χ0) is 10.7. The van der Waals surface area contributed by atoms with Crippen LogP contribution in [0.25, 0.3) is 0 Å². The minimum Gasteiger partial charge on any atom is -0.409 e. The molecule has 0 spiro atoms. The monoisotopic (exact) mass is 223 g/mol. The van der Waals surface area contributed by atoms with Gasteiger partial charge in [0, 0.05) is 23.5 Å². The van der Waals surface area contributed by atoms with Crippen molar-refractivity contribution in [2.45, 2.75) is 6.54 Å². The lowest BCUT2D eigenvalue weighted by molar-refractivity contribution is 0.318. The lowest BCUT2D eigenvalue weighted by Gasteiger charge is -2.03. The second kappa shape index (κ2) is 4.09. The van der Waals surface area contributed by atoms with E-state index in [-0.39, 0.29) is 5.84 Å². The standard InChI is InChI=1S/C8H9N5OS/c9-7(12-14)8-11-1-2-13(8)4-6-3-10-5-15-6/h1-3,5,14H,4H2,(H2,9,12). The molecule has 0 aliphatic heterocycles. The molecule has 2 rings (SSSR count). The van der Waals surface area contributed by atoms with Gasteiger partial charge in [0.2, 0.25) is 5.84 Å². The molecule has 0 radical (unpaired) electrons. The largest absolute Gasteiger partial charge is 0.409 e. The fourth-order valence-electron chi connectivity index (χ4n) is 1.20. The Morgan fingerprint density at radius 2 is 2.53 bits per heavy atom. The molecule has 0 aliphatic carbocycles. The van der Waals surface area contributed by atoms with E-state index in [0.717, 1.165) is 4.88 Å². The van der Waals surface area contributed by atoms with Gasteiger partial charge in [0.1, 0.15) is 0 Å². The van der Waals surface area contributed by atoms with Gasteiger partial charge >= 0.3 is 0 Å². The van der Waals surface area contributed by atoms with Crippen LogP contribution < -0.4 is 5.73 Å². The highest BCUT2D eigenvalue weighted by molar-refractivity contribution is 7.09. The fourth-order valence-corrected chi connectivity index (χ4v) is 1.80. The first-order valence-corrected chi connectivity index (χ1v) is 5.05. The summed E-state index contributed by atoms with van der Waals surface area (Å²) in [5.74, 6) is 0.454. The summed E-state index contributed by atoms with van der Waals surface area (Å²) in [6, 6.07) is 0. The summed E-state index contributed by atoms with van der Waals surface area (Å²) in [7, 11) is 0. The molecule has 15 heavy (non-hydrogen) atoms. The predicted molar refractivity (Wildman–Crippen MR) is 56.0 cm³/mol. The Kier molecular flexibility index (Phi) is 2.64. The molecule has 3 N–H and O–H groups in total. The van der Waals surface area contributed by atoms with Crippen LogP contribution in [0.2, 0.25) is 0 Å². The SMILES string of the molecule is N/C(=N/O)c1nccn1Cc1cncs1. The molecule has 0 aliphatic rings. The van der Waals surface area contributed by atoms with Gasteiger partial charge < -0.3 is 15.5 Å². The molecule has 0 unspecified atom stereocenters. The zero-order valence-electron chi connectivity index (χ0n) is 7.74. The number of hydrogen-bond donors (Lipinski definition) is 2. The molecule has 0 saturated heterocycles. The van der Waals surface area contributed by atoms with E-state index < -0.39 is 0 Å². The molecule has 2 aromatic rings. The lowest BCUT2D eigenvalue weighted by Crippen LogP contribution is -2.19. The van der Waals surface area contributed by atoms with Gasteiger partial charge in [-0.3, -0.25) is 4.98 Å². The molecule has 0 aromatic carbocycles. The average Bonchev–Trinajstić information content (AvgIpc) is 2.88. The van der Waals surface area contributed by atoms with Gasteiger partial charge in [-0.15, -0.1) is 11.3 Å². The quantitative estimate of drug-likeness (QED) is 0.343. The number of amidine groups is 1. The summed E-state index contributed by atoms with van der Waals surface area (Å²) in [5, 5.41) is 11.5. The molecular formula is C8H9N5OS. The van der Waals surface area contributed by atoms with Crippen molar-refractivity contribution >= 4 is 17.2 Å². The average molecular weight is 223 g/mol. The Morgan fingerprint density at radius 3 is 3.20 bits per heavy atom. The molecule has 0 fully saturated rings. The van der Waals surface area contributed by atoms with Crippen molar-refractivity contribution in [2.75, 3.05) is 0 Å². The number of oxime groups is 1. The van der Waals surface area contributed by atoms with Crippen LogP contribution in [-0.2, 0) is 6.54 Å². The van der Waals surface area contributed by atoms with E-state index in [1.54, 1.807) is 40.0 Å². The summed E-state index contributed by atoms with van der Waals surface area (Å²) in [5.41, 5.74) is 7.23. The molecule has 0 bridgehead atoms. The van der Waals surface area contributed by atoms with Gasteiger partial charge in [-0.1, -0.05) is 5.16 Å². The predicted octanol–water partition coefficient (Wildman–Crippen LogP) is 0.482. The van der Waals surface area contributed by atoms with Crippen molar-refractivity contribution in [3.63, 3.8) is 0 Å². The van der Waals surface area contributed by atoms with Crippen LogP contribution >= 0.6 is 11.3 Å². The number of hydrogen-bond acceptors (Lipinski definition) is 5. The first kappa shape index (κ1) is 9.66. The summed E-state index contributed by atoms with van der Waals surface area (Å²) >= 11 is 1.55. The second-order valence-electron chi connectivity index (χ2n) is 2.83. The Hall–Kier alpha value is -1.89. The van der Waals surface area contributed by atoms with Crippen molar-refractivity contribution < 1.29 is 5.21 Å². The summed E-state index contributed by atoms with van der Waals surface area (Å²) in [6.07, 6.45) is 5.15. The zero-order valence-corrected chi connectivity index (χ0v) is 8.55. The van der Waals surface area contributed by atoms with Gasteiger partial charge in [0.05, 0.1) is 12.1 Å². The normalized spacial score (nSPS) is 11.9. The van der Waals surface area contributed by atoms with Crippen molar-refractivity contribution in [1.82, 2.24) is 14.5 Å². The van der Waals surface area contributed by atoms with E-state index in [1.165, 1.54) is 0 Å². The molecule has 0 amide bonds. The molecular weight excluding hydrogens is 214 g/mol. The second-order valence-corrected chi connectivity index (χ2v) is 3.80. The molecule has 2 heterocycles. The number of imidazole rings is 1. The summed E-state index contributed by atoms with van der Waals surface area (Å²) in [4.78, 5) is 9.05. The molecule has 2 aromatic heterocycles. The van der Waals surface area contributed by atoms with Gasteiger partial charge in [-0.2, -0.15) is 0 Å². The van der Waals surface area contributed by atoms with Crippen LogP contribution in [-0.4, -0.2) is 25.6 Å². The minimum absolute atomic E-state index is 0.00418. The van der Waals surface area contributed by atoms with E-state index in [4.69, 9.17) is 10.9 Å². The number of nitrogens with two attached hydrogens (primary N) is 1. The number of aromatic nitrogens is 3. The van der Waals surface area contributed by atoms with Gasteiger partial charge in [0.15, 0.2) is 5.82 Å². The van der Waals surface area contributed by atoms with Gasteiger partial charge in [-0.05, 0) is 0 Å². The van der Waals surface area contributed by atoms with Crippen molar-refractivity contribution in [2.24, 2.45) is 10.9 Å². The van der Waals surface area contributed by atoms with E-state index in [9.17, 15) is 0 Å². The lowest BCUT2D eigenvalue weighted by atomic mass is 10.5. The Balaban J connectivity index is 2.26. The highest BCUT2D eigenvalue weighted by Gasteiger charge is 2.08. The fraction of sp³-hybridized carbons (Fsp3) is 0.125. The van der Waals surface area contributed by atoms with Gasteiger partial charge in [0.25, 0.3) is 0 Å². The minimum atomic E-state index is 0.00418. The van der Waals surface area contributed by atoms with E-state index in [0.29, 0.717) is 12.4 Å². The smallest absolute Gasteiger partial charge is 0.206 e. The van der Waals surface area contributed by atoms with Crippen molar-refractivity contribution in [1.29, 1.82) is 0 Å².